The van der Waals surface area contributed by atoms with Gasteiger partial charge in [-0.25, -0.2) is 0 Å². The van der Waals surface area contributed by atoms with Crippen molar-refractivity contribution in [3.63, 3.8) is 0 Å². The minimum Gasteiger partial charge on any atom is -0.102 e. The summed E-state index contributed by atoms with van der Waals surface area (Å²) in [6, 6.07) is 0. The van der Waals surface area contributed by atoms with Crippen LogP contribution in [0.15, 0.2) is 0 Å². The molecular formula is C5H6Br2. The van der Waals surface area contributed by atoms with E-state index in [1.165, 1.54) is 0 Å². The molecule has 0 spiro atoms. The van der Waals surface area contributed by atoms with Crippen LogP contribution in [0.2, 0.25) is 0 Å². The molecule has 0 nitrogen and oxygen atoms in total. The molecule has 0 saturated heterocycles. The molecule has 0 radical (unpaired) electrons. The predicted molar refractivity (Wildman–Crippen MR) is 40.0 cm³/mol. The molecule has 0 aliphatic carbocycles. The highest BCUT2D eigenvalue weighted by Crippen LogP contribution is 1.83. The molecule has 0 aliphatic rings. The van der Waals surface area contributed by atoms with Gasteiger partial charge in [0.05, 0.1) is 5.33 Å². The number of alkyl halides is 2. The van der Waals surface area contributed by atoms with Gasteiger partial charge < -0.3 is 0 Å². The van der Waals surface area contributed by atoms with Gasteiger partial charge in [-0.15, -0.1) is 5.92 Å². The van der Waals surface area contributed by atoms with Crippen LogP contribution in [0, 0.1) is 11.8 Å². The highest BCUT2D eigenvalue weighted by molar-refractivity contribution is 9.09. The summed E-state index contributed by atoms with van der Waals surface area (Å²) in [5.74, 6) is 5.83. The Morgan fingerprint density at radius 3 is 2.29 bits per heavy atom. The zero-order valence-corrected chi connectivity index (χ0v) is 7.05. The monoisotopic (exact) mass is 224 g/mol. The maximum Gasteiger partial charge on any atom is 0.0645 e. The van der Waals surface area contributed by atoms with Crippen LogP contribution in [0.25, 0.3) is 0 Å². The summed E-state index contributed by atoms with van der Waals surface area (Å²) in [4.78, 5) is 0. The lowest BCUT2D eigenvalue weighted by Gasteiger charge is -1.72. The van der Waals surface area contributed by atoms with Gasteiger partial charge >= 0.3 is 0 Å². The maximum atomic E-state index is 3.26. The minimum absolute atomic E-state index is 0.792. The lowest BCUT2D eigenvalue weighted by molar-refractivity contribution is 1.32. The van der Waals surface area contributed by atoms with Crippen molar-refractivity contribution in [3.8, 4) is 11.8 Å². The van der Waals surface area contributed by atoms with Crippen LogP contribution in [0.1, 0.15) is 6.42 Å². The molecule has 0 rings (SSSR count). The Morgan fingerprint density at radius 2 is 1.86 bits per heavy atom. The predicted octanol–water partition coefficient (Wildman–Crippen LogP) is 2.17. The highest BCUT2D eigenvalue weighted by Gasteiger charge is 1.68. The van der Waals surface area contributed by atoms with Crippen LogP contribution in [0.4, 0.5) is 0 Å². The van der Waals surface area contributed by atoms with Gasteiger partial charge in [-0.05, 0) is 0 Å². The number of halogens is 2. The minimum atomic E-state index is 0.792. The van der Waals surface area contributed by atoms with Gasteiger partial charge in [0, 0.05) is 11.8 Å². The Bertz CT molecular complexity index is 77.8. The third-order valence-electron chi connectivity index (χ3n) is 0.411. The van der Waals surface area contributed by atoms with Gasteiger partial charge in [-0.2, -0.15) is 0 Å². The van der Waals surface area contributed by atoms with Gasteiger partial charge in [0.25, 0.3) is 0 Å². The first-order valence-electron chi connectivity index (χ1n) is 1.99. The molecular weight excluding hydrogens is 220 g/mol. The SMILES string of the molecule is BrCC#CCCBr. The average Bonchev–Trinajstić information content (AvgIpc) is 1.69. The summed E-state index contributed by atoms with van der Waals surface area (Å²) in [7, 11) is 0. The molecule has 0 saturated carbocycles. The summed E-state index contributed by atoms with van der Waals surface area (Å²) in [5, 5.41) is 1.77. The van der Waals surface area contributed by atoms with Crippen molar-refractivity contribution in [3.05, 3.63) is 0 Å². The van der Waals surface area contributed by atoms with Crippen LogP contribution in [0.3, 0.4) is 0 Å². The Balaban J connectivity index is 2.91. The van der Waals surface area contributed by atoms with Crippen LogP contribution in [-0.2, 0) is 0 Å². The summed E-state index contributed by atoms with van der Waals surface area (Å²) >= 11 is 6.45. The average molecular weight is 226 g/mol. The van der Waals surface area contributed by atoms with Crippen LogP contribution >= 0.6 is 31.9 Å². The van der Waals surface area contributed by atoms with E-state index < -0.39 is 0 Å². The van der Waals surface area contributed by atoms with Crippen LogP contribution in [0.5, 0.6) is 0 Å². The van der Waals surface area contributed by atoms with Crippen molar-refractivity contribution in [2.75, 3.05) is 10.7 Å². The number of hydrogen-bond donors (Lipinski definition) is 0. The largest absolute Gasteiger partial charge is 0.102 e. The molecule has 0 aromatic heterocycles. The van der Waals surface area contributed by atoms with E-state index in [0.717, 1.165) is 17.1 Å². The fraction of sp³-hybridized carbons (Fsp3) is 0.600. The van der Waals surface area contributed by atoms with Crippen LogP contribution < -0.4 is 0 Å². The Morgan fingerprint density at radius 1 is 1.14 bits per heavy atom. The third kappa shape index (κ3) is 6.52. The van der Waals surface area contributed by atoms with Crippen LogP contribution in [-0.4, -0.2) is 10.7 Å². The molecule has 0 atom stereocenters. The molecule has 0 aromatic rings. The molecule has 0 unspecified atom stereocenters. The first kappa shape index (κ1) is 7.52. The van der Waals surface area contributed by atoms with E-state index in [4.69, 9.17) is 0 Å². The molecule has 40 valence electrons. The van der Waals surface area contributed by atoms with Crippen molar-refractivity contribution < 1.29 is 0 Å². The van der Waals surface area contributed by atoms with Gasteiger partial charge in [0.1, 0.15) is 0 Å². The fourth-order valence-electron chi connectivity index (χ4n) is 0.183. The van der Waals surface area contributed by atoms with E-state index in [-0.39, 0.29) is 0 Å². The number of rotatable bonds is 1. The Hall–Kier alpha value is 0.520. The molecule has 0 aliphatic heterocycles. The van der Waals surface area contributed by atoms with Gasteiger partial charge in [0.15, 0.2) is 0 Å². The third-order valence-corrected chi connectivity index (χ3v) is 1.09. The summed E-state index contributed by atoms with van der Waals surface area (Å²) in [6.45, 7) is 0. The van der Waals surface area contributed by atoms with E-state index in [2.05, 4.69) is 43.7 Å². The van der Waals surface area contributed by atoms with Gasteiger partial charge in [0.2, 0.25) is 0 Å². The molecule has 0 heterocycles. The Kier molecular flexibility index (Phi) is 7.00. The van der Waals surface area contributed by atoms with Gasteiger partial charge in [-0.3, -0.25) is 0 Å². The van der Waals surface area contributed by atoms with E-state index >= 15 is 0 Å². The fourth-order valence-corrected chi connectivity index (χ4v) is 0.579. The molecule has 7 heavy (non-hydrogen) atoms. The highest BCUT2D eigenvalue weighted by atomic mass is 79.9. The molecule has 0 aromatic carbocycles. The molecule has 0 fully saturated rings. The Labute approximate surface area is 60.9 Å². The van der Waals surface area contributed by atoms with Crippen molar-refractivity contribution in [1.29, 1.82) is 0 Å². The quantitative estimate of drug-likeness (QED) is 0.474. The first-order chi connectivity index (χ1) is 3.41. The molecule has 0 bridgehead atoms. The van der Waals surface area contributed by atoms with E-state index in [1.54, 1.807) is 0 Å². The van der Waals surface area contributed by atoms with Crippen molar-refractivity contribution in [2.24, 2.45) is 0 Å². The normalized spacial score (nSPS) is 7.14. The van der Waals surface area contributed by atoms with E-state index in [1.807, 2.05) is 0 Å². The molecule has 0 amide bonds. The second kappa shape index (κ2) is 6.52. The smallest absolute Gasteiger partial charge is 0.0645 e. The summed E-state index contributed by atoms with van der Waals surface area (Å²) in [5.41, 5.74) is 0. The van der Waals surface area contributed by atoms with Crippen molar-refractivity contribution >= 4 is 31.9 Å². The van der Waals surface area contributed by atoms with Gasteiger partial charge in [-0.1, -0.05) is 37.8 Å². The summed E-state index contributed by atoms with van der Waals surface area (Å²) in [6.07, 6.45) is 0.950. The zero-order valence-electron chi connectivity index (χ0n) is 3.88. The van der Waals surface area contributed by atoms with Crippen molar-refractivity contribution in [1.82, 2.24) is 0 Å². The summed E-state index contributed by atoms with van der Waals surface area (Å²) < 4.78 is 0. The standard InChI is InChI=1S/C5H6Br2/c6-4-2-1-3-5-7/h2,4-5H2. The maximum absolute atomic E-state index is 3.26. The second-order valence-corrected chi connectivity index (χ2v) is 2.28. The molecule has 0 N–H and O–H groups in total. The first-order valence-corrected chi connectivity index (χ1v) is 4.23. The number of hydrogen-bond acceptors (Lipinski definition) is 0. The van der Waals surface area contributed by atoms with E-state index in [9.17, 15) is 0 Å². The lowest BCUT2D eigenvalue weighted by atomic mass is 10.5. The molecule has 2 heteroatoms. The van der Waals surface area contributed by atoms with E-state index in [0.29, 0.717) is 0 Å². The second-order valence-electron chi connectivity index (χ2n) is 0.926. The lowest BCUT2D eigenvalue weighted by Crippen LogP contribution is -1.65. The topological polar surface area (TPSA) is 0 Å². The van der Waals surface area contributed by atoms with Crippen molar-refractivity contribution in [2.45, 2.75) is 6.42 Å². The zero-order chi connectivity index (χ0) is 5.54.